The van der Waals surface area contributed by atoms with Crippen LogP contribution in [-0.4, -0.2) is 38.3 Å². The first kappa shape index (κ1) is 19.6. The lowest BCUT2D eigenvalue weighted by Crippen LogP contribution is -2.46. The van der Waals surface area contributed by atoms with Gasteiger partial charge in [-0.3, -0.25) is 4.79 Å². The van der Waals surface area contributed by atoms with Crippen LogP contribution >= 0.6 is 11.3 Å². The van der Waals surface area contributed by atoms with Gasteiger partial charge in [0.05, 0.1) is 5.41 Å². The molecule has 7 heteroatoms. The number of piperidine rings is 1. The highest BCUT2D eigenvalue weighted by atomic mass is 32.2. The topological polar surface area (TPSA) is 57.7 Å². The Kier molecular flexibility index (Phi) is 5.10. The van der Waals surface area contributed by atoms with Crippen molar-refractivity contribution in [2.45, 2.75) is 43.7 Å². The number of benzene rings is 1. The van der Waals surface area contributed by atoms with Crippen molar-refractivity contribution < 1.29 is 13.2 Å². The lowest BCUT2D eigenvalue weighted by atomic mass is 9.77. The third-order valence-electron chi connectivity index (χ3n) is 6.16. The number of sulfonamides is 1. The Balaban J connectivity index is 1.47. The van der Waals surface area contributed by atoms with Crippen molar-refractivity contribution in [3.05, 3.63) is 46.8 Å². The van der Waals surface area contributed by atoms with Crippen LogP contribution in [0.1, 0.15) is 36.6 Å². The number of hydrogen-bond acceptors (Lipinski definition) is 4. The van der Waals surface area contributed by atoms with E-state index in [1.807, 2.05) is 30.0 Å². The minimum absolute atomic E-state index is 0.153. The van der Waals surface area contributed by atoms with Crippen LogP contribution in [0.3, 0.4) is 0 Å². The first-order chi connectivity index (χ1) is 13.4. The van der Waals surface area contributed by atoms with E-state index in [2.05, 4.69) is 19.1 Å². The van der Waals surface area contributed by atoms with Gasteiger partial charge in [-0.05, 0) is 62.4 Å². The van der Waals surface area contributed by atoms with E-state index in [4.69, 9.17) is 0 Å². The molecule has 2 fully saturated rings. The monoisotopic (exact) mass is 418 g/mol. The second-order valence-electron chi connectivity index (χ2n) is 7.78. The second kappa shape index (κ2) is 7.28. The third-order valence-corrected chi connectivity index (χ3v) is 9.53. The lowest BCUT2D eigenvalue weighted by Gasteiger charge is -2.37. The normalized spacial score (nSPS) is 20.2. The number of carbonyl (C=O) groups excluding carboxylic acids is 1. The van der Waals surface area contributed by atoms with E-state index in [1.54, 1.807) is 10.4 Å². The molecule has 2 aliphatic rings. The van der Waals surface area contributed by atoms with Crippen molar-refractivity contribution in [3.63, 3.8) is 0 Å². The maximum atomic E-state index is 13.2. The van der Waals surface area contributed by atoms with Gasteiger partial charge >= 0.3 is 0 Å². The zero-order valence-corrected chi connectivity index (χ0v) is 18.0. The maximum Gasteiger partial charge on any atom is 0.252 e. The Morgan fingerprint density at radius 3 is 2.21 bits per heavy atom. The van der Waals surface area contributed by atoms with Gasteiger partial charge in [0.25, 0.3) is 10.0 Å². The molecule has 5 nitrogen and oxygen atoms in total. The summed E-state index contributed by atoms with van der Waals surface area (Å²) in [7, 11) is -3.45. The van der Waals surface area contributed by atoms with E-state index in [9.17, 15) is 13.2 Å². The van der Waals surface area contributed by atoms with Gasteiger partial charge in [0.1, 0.15) is 4.21 Å². The molecule has 0 atom stereocenters. The molecule has 1 spiro atoms. The van der Waals surface area contributed by atoms with E-state index in [0.717, 1.165) is 23.4 Å². The lowest BCUT2D eigenvalue weighted by molar-refractivity contribution is -0.127. The van der Waals surface area contributed by atoms with E-state index in [-0.39, 0.29) is 5.91 Å². The molecule has 150 valence electrons. The van der Waals surface area contributed by atoms with E-state index in [0.29, 0.717) is 36.7 Å². The van der Waals surface area contributed by atoms with Crippen molar-refractivity contribution >= 4 is 33.0 Å². The second-order valence-corrected chi connectivity index (χ2v) is 11.2. The van der Waals surface area contributed by atoms with Gasteiger partial charge in [0, 0.05) is 30.2 Å². The van der Waals surface area contributed by atoms with Crippen LogP contribution < -0.4 is 4.90 Å². The van der Waals surface area contributed by atoms with Crippen LogP contribution in [0.5, 0.6) is 0 Å². The Morgan fingerprint density at radius 2 is 1.64 bits per heavy atom. The summed E-state index contributed by atoms with van der Waals surface area (Å²) in [5.41, 5.74) is 1.79. The quantitative estimate of drug-likeness (QED) is 0.758. The summed E-state index contributed by atoms with van der Waals surface area (Å²) >= 11 is 1.31. The number of anilines is 1. The number of thiophene rings is 1. The van der Waals surface area contributed by atoms with Crippen molar-refractivity contribution in [2.24, 2.45) is 5.41 Å². The standard InChI is InChI=1S/C21H26N2O3S2/c1-3-17-5-7-18(8-6-17)23-15-12-21(20(23)24)10-13-22(14-11-21)28(25,26)19-9-4-16(2)27-19/h4-9H,3,10-15H2,1-2H3. The number of carbonyl (C=O) groups is 1. The molecule has 1 aromatic carbocycles. The van der Waals surface area contributed by atoms with Gasteiger partial charge in [-0.15, -0.1) is 11.3 Å². The number of hydrogen-bond donors (Lipinski definition) is 0. The highest BCUT2D eigenvalue weighted by Gasteiger charge is 2.49. The average molecular weight is 419 g/mol. The minimum Gasteiger partial charge on any atom is -0.312 e. The van der Waals surface area contributed by atoms with Crippen LogP contribution in [0.4, 0.5) is 5.69 Å². The van der Waals surface area contributed by atoms with Crippen molar-refractivity contribution in [2.75, 3.05) is 24.5 Å². The molecule has 0 unspecified atom stereocenters. The van der Waals surface area contributed by atoms with Crippen LogP contribution in [0.2, 0.25) is 0 Å². The molecule has 0 N–H and O–H groups in total. The van der Waals surface area contributed by atoms with Crippen molar-refractivity contribution in [1.82, 2.24) is 4.31 Å². The maximum absolute atomic E-state index is 13.2. The Morgan fingerprint density at radius 1 is 1.00 bits per heavy atom. The first-order valence-corrected chi connectivity index (χ1v) is 12.1. The average Bonchev–Trinajstić information content (AvgIpc) is 3.27. The molecule has 2 aliphatic heterocycles. The van der Waals surface area contributed by atoms with Gasteiger partial charge < -0.3 is 4.90 Å². The Labute approximate surface area is 171 Å². The molecule has 4 rings (SSSR count). The highest BCUT2D eigenvalue weighted by Crippen LogP contribution is 2.44. The summed E-state index contributed by atoms with van der Waals surface area (Å²) in [6.07, 6.45) is 2.97. The fourth-order valence-corrected chi connectivity index (χ4v) is 7.15. The molecule has 0 saturated carbocycles. The smallest absolute Gasteiger partial charge is 0.252 e. The van der Waals surface area contributed by atoms with Crippen molar-refractivity contribution in [1.29, 1.82) is 0 Å². The molecule has 0 aliphatic carbocycles. The zero-order chi connectivity index (χ0) is 19.9. The fraction of sp³-hybridized carbons (Fsp3) is 0.476. The number of nitrogens with zero attached hydrogens (tertiary/aromatic N) is 2. The highest BCUT2D eigenvalue weighted by molar-refractivity contribution is 7.91. The molecule has 28 heavy (non-hydrogen) atoms. The van der Waals surface area contributed by atoms with Gasteiger partial charge in [-0.25, -0.2) is 8.42 Å². The SMILES string of the molecule is CCc1ccc(N2CCC3(CCN(S(=O)(=O)c4ccc(C)s4)CC3)C2=O)cc1. The Hall–Kier alpha value is -1.70. The van der Waals surface area contributed by atoms with Gasteiger partial charge in [0.2, 0.25) is 5.91 Å². The molecular formula is C21H26N2O3S2. The predicted molar refractivity (Wildman–Crippen MR) is 112 cm³/mol. The molecule has 3 heterocycles. The number of aryl methyl sites for hydroxylation is 2. The van der Waals surface area contributed by atoms with Crippen LogP contribution in [0.15, 0.2) is 40.6 Å². The molecule has 1 amide bonds. The summed E-state index contributed by atoms with van der Waals surface area (Å²) in [6.45, 7) is 5.56. The summed E-state index contributed by atoms with van der Waals surface area (Å²) in [5.74, 6) is 0.153. The van der Waals surface area contributed by atoms with Crippen LogP contribution in [-0.2, 0) is 21.2 Å². The predicted octanol–water partition coefficient (Wildman–Crippen LogP) is 3.83. The number of amides is 1. The minimum atomic E-state index is -3.45. The number of rotatable bonds is 4. The Bertz CT molecular complexity index is 971. The van der Waals surface area contributed by atoms with Crippen molar-refractivity contribution in [3.8, 4) is 0 Å². The molecule has 0 radical (unpaired) electrons. The summed E-state index contributed by atoms with van der Waals surface area (Å²) in [4.78, 5) is 16.1. The van der Waals surface area contributed by atoms with Crippen LogP contribution in [0, 0.1) is 12.3 Å². The zero-order valence-electron chi connectivity index (χ0n) is 16.3. The van der Waals surface area contributed by atoms with E-state index < -0.39 is 15.4 Å². The molecule has 0 bridgehead atoms. The van der Waals surface area contributed by atoms with Crippen LogP contribution in [0.25, 0.3) is 0 Å². The summed E-state index contributed by atoms with van der Waals surface area (Å²) in [5, 5.41) is 0. The first-order valence-electron chi connectivity index (χ1n) is 9.83. The van der Waals surface area contributed by atoms with E-state index in [1.165, 1.54) is 16.9 Å². The summed E-state index contributed by atoms with van der Waals surface area (Å²) in [6, 6.07) is 11.7. The van der Waals surface area contributed by atoms with E-state index >= 15 is 0 Å². The third kappa shape index (κ3) is 3.29. The summed E-state index contributed by atoms with van der Waals surface area (Å²) < 4.78 is 27.7. The molecule has 1 aromatic heterocycles. The fourth-order valence-electron chi connectivity index (χ4n) is 4.27. The van der Waals surface area contributed by atoms with Gasteiger partial charge in [0.15, 0.2) is 0 Å². The molecule has 2 saturated heterocycles. The molecule has 2 aromatic rings. The molecular weight excluding hydrogens is 392 g/mol. The largest absolute Gasteiger partial charge is 0.312 e. The van der Waals surface area contributed by atoms with Gasteiger partial charge in [-0.1, -0.05) is 19.1 Å². The van der Waals surface area contributed by atoms with Gasteiger partial charge in [-0.2, -0.15) is 4.31 Å².